The first kappa shape index (κ1) is 16.6. The third kappa shape index (κ3) is 4.64. The molecule has 118 valence electrons. The van der Waals surface area contributed by atoms with Gasteiger partial charge in [-0.05, 0) is 36.2 Å². The highest BCUT2D eigenvalue weighted by molar-refractivity contribution is 9.10. The summed E-state index contributed by atoms with van der Waals surface area (Å²) in [5.41, 5.74) is 8.47. The lowest BCUT2D eigenvalue weighted by atomic mass is 10.2. The van der Waals surface area contributed by atoms with Gasteiger partial charge in [-0.2, -0.15) is 0 Å². The summed E-state index contributed by atoms with van der Waals surface area (Å²) >= 11 is 3.59. The number of halogens is 1. The molecule has 0 aliphatic heterocycles. The number of anilines is 1. The van der Waals surface area contributed by atoms with Crippen LogP contribution in [0.15, 0.2) is 46.9 Å². The highest BCUT2D eigenvalue weighted by Gasteiger charge is 2.10. The van der Waals surface area contributed by atoms with Crippen molar-refractivity contribution in [1.29, 1.82) is 0 Å². The summed E-state index contributed by atoms with van der Waals surface area (Å²) in [7, 11) is 1.65. The molecule has 2 rings (SSSR count). The molecule has 0 atom stereocenters. The van der Waals surface area contributed by atoms with E-state index in [1.807, 2.05) is 42.5 Å². The van der Waals surface area contributed by atoms with E-state index >= 15 is 0 Å². The van der Waals surface area contributed by atoms with Crippen molar-refractivity contribution in [3.63, 3.8) is 0 Å². The zero-order chi connectivity index (χ0) is 15.8. The average Bonchev–Trinajstić information content (AvgIpc) is 2.55. The summed E-state index contributed by atoms with van der Waals surface area (Å²) in [6, 6.07) is 13.9. The van der Waals surface area contributed by atoms with Crippen LogP contribution in [0.1, 0.15) is 18.9 Å². The molecule has 0 aliphatic carbocycles. The molecule has 0 spiro atoms. The van der Waals surface area contributed by atoms with Crippen LogP contribution in [0.2, 0.25) is 0 Å². The van der Waals surface area contributed by atoms with Gasteiger partial charge in [0.1, 0.15) is 0 Å². The van der Waals surface area contributed by atoms with Gasteiger partial charge in [0, 0.05) is 16.7 Å². The van der Waals surface area contributed by atoms with Crippen LogP contribution in [0.3, 0.4) is 0 Å². The van der Waals surface area contributed by atoms with Gasteiger partial charge >= 0.3 is 0 Å². The Hall–Kier alpha value is -1.72. The summed E-state index contributed by atoms with van der Waals surface area (Å²) in [4.78, 5) is 0. The highest BCUT2D eigenvalue weighted by Crippen LogP contribution is 2.33. The summed E-state index contributed by atoms with van der Waals surface area (Å²) < 4.78 is 12.1. The Labute approximate surface area is 139 Å². The maximum absolute atomic E-state index is 5.70. The van der Waals surface area contributed by atoms with Gasteiger partial charge in [-0.25, -0.2) is 5.43 Å². The van der Waals surface area contributed by atoms with Crippen molar-refractivity contribution in [2.75, 3.05) is 19.1 Å². The second-order valence-electron chi connectivity index (χ2n) is 4.79. The lowest BCUT2D eigenvalue weighted by Crippen LogP contribution is -2.21. The Morgan fingerprint density at radius 1 is 1.09 bits per heavy atom. The predicted octanol–water partition coefficient (Wildman–Crippen LogP) is 4.36. The first-order chi connectivity index (χ1) is 10.7. The molecule has 0 heterocycles. The van der Waals surface area contributed by atoms with Crippen molar-refractivity contribution in [2.45, 2.75) is 19.9 Å². The topological polar surface area (TPSA) is 42.5 Å². The largest absolute Gasteiger partial charge is 0.493 e. The minimum absolute atomic E-state index is 0.653. The summed E-state index contributed by atoms with van der Waals surface area (Å²) in [5, 5.41) is 0. The lowest BCUT2D eigenvalue weighted by Gasteiger charge is -2.14. The highest BCUT2D eigenvalue weighted by atomic mass is 79.9. The van der Waals surface area contributed by atoms with E-state index in [9.17, 15) is 0 Å². The smallest absolute Gasteiger partial charge is 0.162 e. The number of benzene rings is 2. The zero-order valence-corrected chi connectivity index (χ0v) is 14.4. The maximum atomic E-state index is 5.70. The maximum Gasteiger partial charge on any atom is 0.162 e. The fourth-order valence-corrected chi connectivity index (χ4v) is 2.42. The van der Waals surface area contributed by atoms with Crippen molar-refractivity contribution in [3.05, 3.63) is 52.5 Å². The SMILES string of the molecule is CCCOc1cc(Br)c(CNNc2ccccc2)cc1OC. The van der Waals surface area contributed by atoms with E-state index in [0.29, 0.717) is 13.2 Å². The van der Waals surface area contributed by atoms with Crippen molar-refractivity contribution in [1.82, 2.24) is 5.43 Å². The average molecular weight is 365 g/mol. The fraction of sp³-hybridized carbons (Fsp3) is 0.294. The van der Waals surface area contributed by atoms with Gasteiger partial charge in [-0.15, -0.1) is 0 Å². The van der Waals surface area contributed by atoms with Crippen molar-refractivity contribution in [2.24, 2.45) is 0 Å². The quantitative estimate of drug-likeness (QED) is 0.682. The third-order valence-electron chi connectivity index (χ3n) is 3.08. The number of para-hydroxylation sites is 1. The molecular formula is C17H21BrN2O2. The normalized spacial score (nSPS) is 10.3. The standard InChI is InChI=1S/C17H21BrN2O2/c1-3-9-22-17-11-15(18)13(10-16(17)21-2)12-19-20-14-7-5-4-6-8-14/h4-8,10-11,19-20H,3,9,12H2,1-2H3. The van der Waals surface area contributed by atoms with Gasteiger partial charge in [0.05, 0.1) is 13.7 Å². The number of methoxy groups -OCH3 is 1. The van der Waals surface area contributed by atoms with E-state index < -0.39 is 0 Å². The van der Waals surface area contributed by atoms with E-state index in [-0.39, 0.29) is 0 Å². The van der Waals surface area contributed by atoms with Gasteiger partial charge in [0.25, 0.3) is 0 Å². The molecule has 0 saturated carbocycles. The number of ether oxygens (including phenoxy) is 2. The minimum atomic E-state index is 0.653. The van der Waals surface area contributed by atoms with Crippen LogP contribution >= 0.6 is 15.9 Å². The van der Waals surface area contributed by atoms with Crippen LogP contribution in [-0.2, 0) is 6.54 Å². The van der Waals surface area contributed by atoms with E-state index in [1.54, 1.807) is 7.11 Å². The fourth-order valence-electron chi connectivity index (χ4n) is 1.96. The number of hydrogen-bond donors (Lipinski definition) is 2. The second-order valence-corrected chi connectivity index (χ2v) is 5.64. The van der Waals surface area contributed by atoms with Gasteiger partial charge in [-0.1, -0.05) is 41.1 Å². The van der Waals surface area contributed by atoms with Crippen LogP contribution in [-0.4, -0.2) is 13.7 Å². The molecule has 0 radical (unpaired) electrons. The molecule has 2 aromatic carbocycles. The second kappa shape index (κ2) is 8.66. The zero-order valence-electron chi connectivity index (χ0n) is 12.9. The molecule has 0 unspecified atom stereocenters. The molecular weight excluding hydrogens is 344 g/mol. The monoisotopic (exact) mass is 364 g/mol. The van der Waals surface area contributed by atoms with E-state index in [0.717, 1.165) is 33.6 Å². The minimum Gasteiger partial charge on any atom is -0.493 e. The molecule has 0 aliphatic rings. The lowest BCUT2D eigenvalue weighted by molar-refractivity contribution is 0.294. The first-order valence-corrected chi connectivity index (χ1v) is 8.07. The van der Waals surface area contributed by atoms with E-state index in [2.05, 4.69) is 33.7 Å². The molecule has 0 saturated heterocycles. The Morgan fingerprint density at radius 2 is 1.86 bits per heavy atom. The van der Waals surface area contributed by atoms with E-state index in [4.69, 9.17) is 9.47 Å². The Balaban J connectivity index is 2.01. The summed E-state index contributed by atoms with van der Waals surface area (Å²) in [6.07, 6.45) is 0.963. The van der Waals surface area contributed by atoms with Crippen molar-refractivity contribution >= 4 is 21.6 Å². The third-order valence-corrected chi connectivity index (χ3v) is 3.82. The molecule has 0 aromatic heterocycles. The van der Waals surface area contributed by atoms with Crippen LogP contribution < -0.4 is 20.3 Å². The van der Waals surface area contributed by atoms with Crippen LogP contribution in [0.25, 0.3) is 0 Å². The van der Waals surface area contributed by atoms with Crippen LogP contribution in [0.5, 0.6) is 11.5 Å². The van der Waals surface area contributed by atoms with Crippen molar-refractivity contribution in [3.8, 4) is 11.5 Å². The van der Waals surface area contributed by atoms with Gasteiger partial charge < -0.3 is 14.9 Å². The Bertz CT molecular complexity index is 591. The van der Waals surface area contributed by atoms with Crippen LogP contribution in [0.4, 0.5) is 5.69 Å². The Kier molecular flexibility index (Phi) is 6.55. The Morgan fingerprint density at radius 3 is 2.55 bits per heavy atom. The van der Waals surface area contributed by atoms with Gasteiger partial charge in [0.15, 0.2) is 11.5 Å². The molecule has 2 N–H and O–H groups in total. The molecule has 0 fully saturated rings. The molecule has 0 bridgehead atoms. The van der Waals surface area contributed by atoms with Gasteiger partial charge in [0.2, 0.25) is 0 Å². The molecule has 5 heteroatoms. The summed E-state index contributed by atoms with van der Waals surface area (Å²) in [6.45, 7) is 3.41. The number of rotatable bonds is 8. The van der Waals surface area contributed by atoms with Gasteiger partial charge in [-0.3, -0.25) is 0 Å². The molecule has 2 aromatic rings. The first-order valence-electron chi connectivity index (χ1n) is 7.27. The van der Waals surface area contributed by atoms with E-state index in [1.165, 1.54) is 0 Å². The number of hydrazine groups is 1. The predicted molar refractivity (Wildman–Crippen MR) is 93.4 cm³/mol. The van der Waals surface area contributed by atoms with Crippen molar-refractivity contribution < 1.29 is 9.47 Å². The summed E-state index contributed by atoms with van der Waals surface area (Å²) in [5.74, 6) is 1.50. The molecule has 22 heavy (non-hydrogen) atoms. The molecule has 0 amide bonds. The number of nitrogens with one attached hydrogen (secondary N) is 2. The molecule has 4 nitrogen and oxygen atoms in total. The number of hydrogen-bond acceptors (Lipinski definition) is 4. The van der Waals surface area contributed by atoms with Crippen LogP contribution in [0, 0.1) is 0 Å².